The van der Waals surface area contributed by atoms with Crippen LogP contribution < -0.4 is 4.74 Å². The molecule has 0 amide bonds. The van der Waals surface area contributed by atoms with E-state index in [0.717, 1.165) is 5.56 Å². The molecule has 0 spiro atoms. The molecule has 0 heterocycles. The van der Waals surface area contributed by atoms with Crippen molar-refractivity contribution in [1.29, 1.82) is 0 Å². The average Bonchev–Trinajstić information content (AvgIpc) is 2.60. The summed E-state index contributed by atoms with van der Waals surface area (Å²) in [6.07, 6.45) is 0. The molecule has 0 unspecified atom stereocenters. The highest BCUT2D eigenvalue weighted by Crippen LogP contribution is 2.24. The van der Waals surface area contributed by atoms with Gasteiger partial charge in [0, 0.05) is 17.2 Å². The van der Waals surface area contributed by atoms with Crippen LogP contribution in [0.1, 0.15) is 21.5 Å². The van der Waals surface area contributed by atoms with E-state index >= 15 is 0 Å². The normalized spacial score (nSPS) is 10.3. The minimum Gasteiger partial charge on any atom is -0.508 e. The van der Waals surface area contributed by atoms with Crippen LogP contribution in [0.15, 0.2) is 78.9 Å². The van der Waals surface area contributed by atoms with Gasteiger partial charge in [0.25, 0.3) is 0 Å². The van der Waals surface area contributed by atoms with E-state index in [1.54, 1.807) is 18.2 Å². The molecular formula is C20H16O3. The molecule has 3 nitrogen and oxygen atoms in total. The van der Waals surface area contributed by atoms with Crippen molar-refractivity contribution in [3.63, 3.8) is 0 Å². The van der Waals surface area contributed by atoms with Gasteiger partial charge in [0.2, 0.25) is 0 Å². The van der Waals surface area contributed by atoms with Crippen LogP contribution in [0.2, 0.25) is 0 Å². The van der Waals surface area contributed by atoms with Crippen molar-refractivity contribution >= 4 is 5.78 Å². The summed E-state index contributed by atoms with van der Waals surface area (Å²) >= 11 is 0. The first-order chi connectivity index (χ1) is 11.2. The van der Waals surface area contributed by atoms with Gasteiger partial charge in [-0.05, 0) is 17.7 Å². The summed E-state index contributed by atoms with van der Waals surface area (Å²) in [5, 5.41) is 9.85. The Morgan fingerprint density at radius 1 is 0.826 bits per heavy atom. The third-order valence-electron chi connectivity index (χ3n) is 3.44. The molecular weight excluding hydrogens is 288 g/mol. The zero-order valence-electron chi connectivity index (χ0n) is 12.5. The minimum absolute atomic E-state index is 0.00911. The maximum Gasteiger partial charge on any atom is 0.193 e. The van der Waals surface area contributed by atoms with Gasteiger partial charge in [-0.25, -0.2) is 0 Å². The SMILES string of the molecule is O=C(c1ccccc1)c1cc(O)cc(OCc2ccccc2)c1. The number of phenolic OH excluding ortho intramolecular Hbond substituents is 1. The molecule has 0 radical (unpaired) electrons. The van der Waals surface area contributed by atoms with Crippen LogP contribution in [0, 0.1) is 0 Å². The van der Waals surface area contributed by atoms with E-state index in [1.807, 2.05) is 48.5 Å². The van der Waals surface area contributed by atoms with Gasteiger partial charge in [0.15, 0.2) is 5.78 Å². The molecule has 114 valence electrons. The van der Waals surface area contributed by atoms with Crippen molar-refractivity contribution in [2.24, 2.45) is 0 Å². The molecule has 1 N–H and O–H groups in total. The van der Waals surface area contributed by atoms with Crippen molar-refractivity contribution in [2.45, 2.75) is 6.61 Å². The standard InChI is InChI=1S/C20H16O3/c21-18-11-17(20(22)16-9-5-2-6-10-16)12-19(13-18)23-14-15-7-3-1-4-8-15/h1-13,21H,14H2. The second-order valence-corrected chi connectivity index (χ2v) is 5.19. The van der Waals surface area contributed by atoms with Gasteiger partial charge < -0.3 is 9.84 Å². The Labute approximate surface area is 134 Å². The van der Waals surface area contributed by atoms with Crippen LogP contribution >= 0.6 is 0 Å². The Kier molecular flexibility index (Phi) is 4.39. The first-order valence-corrected chi connectivity index (χ1v) is 7.33. The lowest BCUT2D eigenvalue weighted by molar-refractivity contribution is 0.103. The van der Waals surface area contributed by atoms with Crippen LogP contribution in [0.25, 0.3) is 0 Å². The number of benzene rings is 3. The summed E-state index contributed by atoms with van der Waals surface area (Å²) in [4.78, 5) is 12.5. The third-order valence-corrected chi connectivity index (χ3v) is 3.44. The predicted octanol–water partition coefficient (Wildman–Crippen LogP) is 4.20. The maximum atomic E-state index is 12.5. The van der Waals surface area contributed by atoms with Crippen molar-refractivity contribution < 1.29 is 14.6 Å². The molecule has 0 fully saturated rings. The number of ketones is 1. The fourth-order valence-corrected chi connectivity index (χ4v) is 2.29. The largest absolute Gasteiger partial charge is 0.508 e. The predicted molar refractivity (Wildman–Crippen MR) is 88.8 cm³/mol. The molecule has 3 aromatic rings. The van der Waals surface area contributed by atoms with E-state index in [-0.39, 0.29) is 11.5 Å². The second-order valence-electron chi connectivity index (χ2n) is 5.19. The monoisotopic (exact) mass is 304 g/mol. The molecule has 0 atom stereocenters. The lowest BCUT2D eigenvalue weighted by Crippen LogP contribution is -2.02. The van der Waals surface area contributed by atoms with Gasteiger partial charge in [-0.15, -0.1) is 0 Å². The van der Waals surface area contributed by atoms with Crippen LogP contribution in [0.5, 0.6) is 11.5 Å². The molecule has 0 saturated heterocycles. The molecule has 3 rings (SSSR count). The molecule has 3 heteroatoms. The molecule has 0 aliphatic carbocycles. The van der Waals surface area contributed by atoms with Crippen molar-refractivity contribution in [2.75, 3.05) is 0 Å². The molecule has 0 aromatic heterocycles. The lowest BCUT2D eigenvalue weighted by atomic mass is 10.0. The highest BCUT2D eigenvalue weighted by molar-refractivity contribution is 6.09. The molecule has 23 heavy (non-hydrogen) atoms. The smallest absolute Gasteiger partial charge is 0.193 e. The fraction of sp³-hybridized carbons (Fsp3) is 0.0500. The van der Waals surface area contributed by atoms with E-state index in [0.29, 0.717) is 23.5 Å². The van der Waals surface area contributed by atoms with Crippen LogP contribution in [-0.2, 0) is 6.61 Å². The van der Waals surface area contributed by atoms with Crippen LogP contribution in [0.3, 0.4) is 0 Å². The number of hydrogen-bond donors (Lipinski definition) is 1. The van der Waals surface area contributed by atoms with Gasteiger partial charge in [-0.3, -0.25) is 4.79 Å². The summed E-state index contributed by atoms with van der Waals surface area (Å²) in [6, 6.07) is 23.3. The van der Waals surface area contributed by atoms with Gasteiger partial charge in [0.05, 0.1) is 0 Å². The van der Waals surface area contributed by atoms with Crippen molar-refractivity contribution in [3.05, 3.63) is 95.6 Å². The molecule has 0 aliphatic heterocycles. The van der Waals surface area contributed by atoms with Gasteiger partial charge in [-0.2, -0.15) is 0 Å². The zero-order chi connectivity index (χ0) is 16.1. The average molecular weight is 304 g/mol. The number of phenols is 1. The fourth-order valence-electron chi connectivity index (χ4n) is 2.29. The van der Waals surface area contributed by atoms with E-state index in [4.69, 9.17) is 4.74 Å². The summed E-state index contributed by atoms with van der Waals surface area (Å²) in [5.74, 6) is 0.328. The first kappa shape index (κ1) is 14.9. The van der Waals surface area contributed by atoms with Gasteiger partial charge in [0.1, 0.15) is 18.1 Å². The van der Waals surface area contributed by atoms with Crippen LogP contribution in [0.4, 0.5) is 0 Å². The van der Waals surface area contributed by atoms with Crippen LogP contribution in [-0.4, -0.2) is 10.9 Å². The summed E-state index contributed by atoms with van der Waals surface area (Å²) in [6.45, 7) is 0.378. The second kappa shape index (κ2) is 6.79. The quantitative estimate of drug-likeness (QED) is 0.718. The number of ether oxygens (including phenoxy) is 1. The minimum atomic E-state index is -0.147. The Balaban J connectivity index is 1.80. The maximum absolute atomic E-state index is 12.5. The Morgan fingerprint density at radius 3 is 2.17 bits per heavy atom. The summed E-state index contributed by atoms with van der Waals surface area (Å²) in [5.41, 5.74) is 2.00. The highest BCUT2D eigenvalue weighted by Gasteiger charge is 2.11. The number of aromatic hydroxyl groups is 1. The third kappa shape index (κ3) is 3.77. The lowest BCUT2D eigenvalue weighted by Gasteiger charge is -2.09. The van der Waals surface area contributed by atoms with Crippen molar-refractivity contribution in [3.8, 4) is 11.5 Å². The highest BCUT2D eigenvalue weighted by atomic mass is 16.5. The first-order valence-electron chi connectivity index (χ1n) is 7.33. The number of carbonyl (C=O) groups excluding carboxylic acids is 1. The Bertz CT molecular complexity index is 796. The van der Waals surface area contributed by atoms with Gasteiger partial charge in [-0.1, -0.05) is 60.7 Å². The number of carbonyl (C=O) groups is 1. The number of rotatable bonds is 5. The molecule has 0 saturated carbocycles. The Hall–Kier alpha value is -3.07. The number of hydrogen-bond acceptors (Lipinski definition) is 3. The molecule has 3 aromatic carbocycles. The van der Waals surface area contributed by atoms with Gasteiger partial charge >= 0.3 is 0 Å². The summed E-state index contributed by atoms with van der Waals surface area (Å²) in [7, 11) is 0. The summed E-state index contributed by atoms with van der Waals surface area (Å²) < 4.78 is 5.69. The van der Waals surface area contributed by atoms with E-state index in [1.165, 1.54) is 12.1 Å². The van der Waals surface area contributed by atoms with Crippen molar-refractivity contribution in [1.82, 2.24) is 0 Å². The topological polar surface area (TPSA) is 46.5 Å². The van der Waals surface area contributed by atoms with E-state index in [2.05, 4.69) is 0 Å². The molecule has 0 aliphatic rings. The Morgan fingerprint density at radius 2 is 1.48 bits per heavy atom. The van der Waals surface area contributed by atoms with E-state index in [9.17, 15) is 9.90 Å². The molecule has 0 bridgehead atoms. The zero-order valence-corrected chi connectivity index (χ0v) is 12.5. The van der Waals surface area contributed by atoms with E-state index < -0.39 is 0 Å².